The number of halogens is 1. The number of aromatic amines is 1. The fourth-order valence-corrected chi connectivity index (χ4v) is 3.55. The Morgan fingerprint density at radius 3 is 3.04 bits per heavy atom. The first-order chi connectivity index (χ1) is 13.1. The largest absolute Gasteiger partial charge is 0.348 e. The van der Waals surface area contributed by atoms with E-state index in [1.54, 1.807) is 36.6 Å². The summed E-state index contributed by atoms with van der Waals surface area (Å²) < 4.78 is 17.1. The van der Waals surface area contributed by atoms with Crippen LogP contribution in [0.4, 0.5) is 4.39 Å². The van der Waals surface area contributed by atoms with Gasteiger partial charge in [-0.05, 0) is 18.2 Å². The number of hydrogen-bond acceptors (Lipinski definition) is 5. The molecule has 4 aromatic rings. The van der Waals surface area contributed by atoms with Crippen LogP contribution in [0.2, 0.25) is 0 Å². The van der Waals surface area contributed by atoms with E-state index in [-0.39, 0.29) is 17.5 Å². The minimum Gasteiger partial charge on any atom is -0.348 e. The third kappa shape index (κ3) is 2.33. The summed E-state index contributed by atoms with van der Waals surface area (Å²) in [5.41, 5.74) is 2.55. The van der Waals surface area contributed by atoms with Crippen molar-refractivity contribution in [2.75, 3.05) is 6.54 Å². The zero-order valence-electron chi connectivity index (χ0n) is 14.4. The lowest BCUT2D eigenvalue weighted by Crippen LogP contribution is -2.42. The Morgan fingerprint density at radius 1 is 1.37 bits per heavy atom. The maximum atomic E-state index is 14.1. The highest BCUT2D eigenvalue weighted by Gasteiger charge is 2.37. The van der Waals surface area contributed by atoms with Crippen LogP contribution >= 0.6 is 0 Å². The van der Waals surface area contributed by atoms with Crippen LogP contribution < -0.4 is 0 Å². The van der Waals surface area contributed by atoms with E-state index < -0.39 is 6.04 Å². The van der Waals surface area contributed by atoms with Crippen molar-refractivity contribution in [1.29, 1.82) is 0 Å². The molecule has 0 saturated carbocycles. The second-order valence-corrected chi connectivity index (χ2v) is 6.38. The van der Waals surface area contributed by atoms with Crippen LogP contribution in [0.3, 0.4) is 0 Å². The van der Waals surface area contributed by atoms with E-state index in [1.165, 1.54) is 21.6 Å². The second kappa shape index (κ2) is 5.73. The number of rotatable bonds is 2. The standard InChI is InChI=1S/C17H15FN8O/c1-24-16(21-9-22-24)17(27)25-6-4-11-14(20-8-19-11)15(25)12-7-13-10(18)3-2-5-26(13)23-12/h2-3,5,7-9,15H,4,6H2,1H3,(H,19,20)/t15-/m0/s1. The van der Waals surface area contributed by atoms with Crippen LogP contribution in [0.1, 0.15) is 33.7 Å². The third-order valence-corrected chi connectivity index (χ3v) is 4.84. The summed E-state index contributed by atoms with van der Waals surface area (Å²) in [6, 6.07) is 4.08. The second-order valence-electron chi connectivity index (χ2n) is 6.38. The van der Waals surface area contributed by atoms with Gasteiger partial charge in [0.15, 0.2) is 0 Å². The van der Waals surface area contributed by atoms with E-state index in [2.05, 4.69) is 25.1 Å². The van der Waals surface area contributed by atoms with Crippen molar-refractivity contribution in [3.8, 4) is 0 Å². The number of nitrogens with zero attached hydrogens (tertiary/aromatic N) is 7. The number of carbonyl (C=O) groups excluding carboxylic acids is 1. The van der Waals surface area contributed by atoms with Gasteiger partial charge in [-0.15, -0.1) is 0 Å². The van der Waals surface area contributed by atoms with Gasteiger partial charge in [0.05, 0.1) is 17.7 Å². The average Bonchev–Trinajstić information content (AvgIpc) is 3.39. The number of aromatic nitrogens is 7. The Bertz CT molecular complexity index is 1160. The number of H-pyrrole nitrogens is 1. The lowest BCUT2D eigenvalue weighted by molar-refractivity contribution is 0.0669. The van der Waals surface area contributed by atoms with Crippen LogP contribution in [0.25, 0.3) is 5.52 Å². The SMILES string of the molecule is Cn1ncnc1C(=O)N1CCc2[nH]cnc2[C@@H]1c1cc2c(F)cccn2n1. The third-order valence-electron chi connectivity index (χ3n) is 4.84. The topological polar surface area (TPSA) is 97.0 Å². The number of fused-ring (bicyclic) bond motifs is 2. The molecule has 0 radical (unpaired) electrons. The molecule has 4 aromatic heterocycles. The Morgan fingerprint density at radius 2 is 2.26 bits per heavy atom. The first-order valence-electron chi connectivity index (χ1n) is 8.44. The van der Waals surface area contributed by atoms with Gasteiger partial charge >= 0.3 is 0 Å². The summed E-state index contributed by atoms with van der Waals surface area (Å²) in [5, 5.41) is 8.48. The predicted octanol–water partition coefficient (Wildman–Crippen LogP) is 1.11. The molecule has 5 heterocycles. The number of pyridine rings is 1. The van der Waals surface area contributed by atoms with Crippen molar-refractivity contribution in [2.45, 2.75) is 12.5 Å². The van der Waals surface area contributed by atoms with Gasteiger partial charge < -0.3 is 9.88 Å². The summed E-state index contributed by atoms with van der Waals surface area (Å²) in [7, 11) is 1.67. The highest BCUT2D eigenvalue weighted by molar-refractivity contribution is 5.91. The normalized spacial score (nSPS) is 16.7. The van der Waals surface area contributed by atoms with Gasteiger partial charge in [-0.1, -0.05) is 0 Å². The van der Waals surface area contributed by atoms with Crippen LogP contribution in [-0.4, -0.2) is 51.7 Å². The molecule has 1 aliphatic heterocycles. The molecular formula is C17H15FN8O. The number of aryl methyl sites for hydroxylation is 1. The average molecular weight is 366 g/mol. The maximum absolute atomic E-state index is 14.1. The molecule has 10 heteroatoms. The van der Waals surface area contributed by atoms with Crippen molar-refractivity contribution < 1.29 is 9.18 Å². The van der Waals surface area contributed by atoms with E-state index in [0.717, 1.165) is 5.69 Å². The van der Waals surface area contributed by atoms with E-state index in [0.29, 0.717) is 29.9 Å². The van der Waals surface area contributed by atoms with E-state index in [9.17, 15) is 9.18 Å². The lowest BCUT2D eigenvalue weighted by Gasteiger charge is -2.33. The molecule has 0 spiro atoms. The molecule has 9 nitrogen and oxygen atoms in total. The summed E-state index contributed by atoms with van der Waals surface area (Å²) in [6.07, 6.45) is 5.25. The van der Waals surface area contributed by atoms with Gasteiger partial charge in [0, 0.05) is 31.9 Å². The monoisotopic (exact) mass is 366 g/mol. The molecule has 1 aliphatic rings. The number of carbonyl (C=O) groups is 1. The van der Waals surface area contributed by atoms with Crippen LogP contribution in [-0.2, 0) is 13.5 Å². The van der Waals surface area contributed by atoms with E-state index in [1.807, 2.05) is 0 Å². The summed E-state index contributed by atoms with van der Waals surface area (Å²) in [5.74, 6) is -0.416. The lowest BCUT2D eigenvalue weighted by atomic mass is 9.99. The maximum Gasteiger partial charge on any atom is 0.292 e. The van der Waals surface area contributed by atoms with E-state index >= 15 is 0 Å². The van der Waals surface area contributed by atoms with E-state index in [4.69, 9.17) is 0 Å². The van der Waals surface area contributed by atoms with Crippen molar-refractivity contribution in [2.24, 2.45) is 7.05 Å². The Kier molecular flexibility index (Phi) is 3.33. The van der Waals surface area contributed by atoms with Gasteiger partial charge in [0.1, 0.15) is 23.7 Å². The quantitative estimate of drug-likeness (QED) is 0.573. The first kappa shape index (κ1) is 15.7. The van der Waals surface area contributed by atoms with Gasteiger partial charge in [-0.3, -0.25) is 4.79 Å². The van der Waals surface area contributed by atoms with Crippen LogP contribution in [0, 0.1) is 5.82 Å². The number of imidazole rings is 1. The Labute approximate surface area is 152 Å². The molecule has 0 bridgehead atoms. The smallest absolute Gasteiger partial charge is 0.292 e. The number of hydrogen-bond donors (Lipinski definition) is 1. The molecule has 1 amide bonds. The molecule has 0 fully saturated rings. The summed E-state index contributed by atoms with van der Waals surface area (Å²) in [6.45, 7) is 0.460. The molecule has 0 unspecified atom stereocenters. The molecule has 5 rings (SSSR count). The molecule has 0 aliphatic carbocycles. The minimum atomic E-state index is -0.538. The highest BCUT2D eigenvalue weighted by atomic mass is 19.1. The van der Waals surface area contributed by atoms with Crippen molar-refractivity contribution >= 4 is 11.4 Å². The highest BCUT2D eigenvalue weighted by Crippen LogP contribution is 2.34. The molecular weight excluding hydrogens is 351 g/mol. The number of amides is 1. The van der Waals surface area contributed by atoms with Gasteiger partial charge in [-0.25, -0.2) is 23.6 Å². The van der Waals surface area contributed by atoms with Gasteiger partial charge in [0.25, 0.3) is 5.91 Å². The molecule has 0 saturated heterocycles. The fourth-order valence-electron chi connectivity index (χ4n) is 3.55. The predicted molar refractivity (Wildman–Crippen MR) is 91.3 cm³/mol. The summed E-state index contributed by atoms with van der Waals surface area (Å²) in [4.78, 5) is 26.4. The van der Waals surface area contributed by atoms with Crippen molar-refractivity contribution in [3.63, 3.8) is 0 Å². The van der Waals surface area contributed by atoms with Crippen LogP contribution in [0.15, 0.2) is 37.1 Å². The zero-order chi connectivity index (χ0) is 18.5. The summed E-state index contributed by atoms with van der Waals surface area (Å²) >= 11 is 0. The zero-order valence-corrected chi connectivity index (χ0v) is 14.4. The molecule has 27 heavy (non-hydrogen) atoms. The Balaban J connectivity index is 1.66. The minimum absolute atomic E-state index is 0.230. The van der Waals surface area contributed by atoms with Gasteiger partial charge in [-0.2, -0.15) is 10.2 Å². The van der Waals surface area contributed by atoms with Crippen molar-refractivity contribution in [1.82, 2.24) is 39.2 Å². The van der Waals surface area contributed by atoms with Crippen LogP contribution in [0.5, 0.6) is 0 Å². The van der Waals surface area contributed by atoms with Crippen molar-refractivity contribution in [3.05, 3.63) is 65.8 Å². The molecule has 1 atom stereocenters. The first-order valence-corrected chi connectivity index (χ1v) is 8.44. The number of nitrogens with one attached hydrogen (secondary N) is 1. The molecule has 136 valence electrons. The Hall–Kier alpha value is -3.56. The molecule has 0 aromatic carbocycles. The molecule has 1 N–H and O–H groups in total. The van der Waals surface area contributed by atoms with Gasteiger partial charge in [0.2, 0.25) is 5.82 Å². The fraction of sp³-hybridized carbons (Fsp3) is 0.235.